The van der Waals surface area contributed by atoms with Gasteiger partial charge in [-0.3, -0.25) is 4.79 Å². The molecule has 0 radical (unpaired) electrons. The maximum Gasteiger partial charge on any atom is 0.254 e. The first-order valence-corrected chi connectivity index (χ1v) is 7.14. The van der Waals surface area contributed by atoms with Crippen LogP contribution in [0.1, 0.15) is 23.0 Å². The van der Waals surface area contributed by atoms with Gasteiger partial charge in [0, 0.05) is 35.3 Å². The Morgan fingerprint density at radius 1 is 1.59 bits per heavy atom. The number of aryl methyl sites for hydroxylation is 1. The van der Waals surface area contributed by atoms with Crippen LogP contribution in [0.4, 0.5) is 0 Å². The molecular weight excluding hydrogens is 256 g/mol. The number of pyridine rings is 1. The number of hydrogen-bond donors (Lipinski definition) is 0. The van der Waals surface area contributed by atoms with Crippen LogP contribution in [0.15, 0.2) is 12.1 Å². The number of rotatable bonds is 1. The SMILES string of the molecule is Cc1cc(C(=O)N2CCSCC2C)cc(Cl)n1. The quantitative estimate of drug-likeness (QED) is 0.736. The van der Waals surface area contributed by atoms with E-state index in [2.05, 4.69) is 11.9 Å². The molecule has 0 N–H and O–H groups in total. The van der Waals surface area contributed by atoms with E-state index < -0.39 is 0 Å². The van der Waals surface area contributed by atoms with Crippen molar-refractivity contribution in [3.05, 3.63) is 28.5 Å². The highest BCUT2D eigenvalue weighted by Crippen LogP contribution is 2.20. The van der Waals surface area contributed by atoms with Gasteiger partial charge in [0.25, 0.3) is 5.91 Å². The van der Waals surface area contributed by atoms with Crippen LogP contribution < -0.4 is 0 Å². The van der Waals surface area contributed by atoms with E-state index in [0.717, 1.165) is 23.7 Å². The van der Waals surface area contributed by atoms with E-state index in [1.165, 1.54) is 0 Å². The van der Waals surface area contributed by atoms with E-state index in [9.17, 15) is 4.79 Å². The van der Waals surface area contributed by atoms with Crippen LogP contribution in [0.2, 0.25) is 5.15 Å². The topological polar surface area (TPSA) is 33.2 Å². The number of aromatic nitrogens is 1. The zero-order valence-corrected chi connectivity index (χ0v) is 11.5. The van der Waals surface area contributed by atoms with Gasteiger partial charge in [-0.15, -0.1) is 0 Å². The first-order chi connectivity index (χ1) is 8.08. The molecule has 1 atom stereocenters. The Kier molecular flexibility index (Phi) is 3.94. The summed E-state index contributed by atoms with van der Waals surface area (Å²) in [6, 6.07) is 3.72. The third kappa shape index (κ3) is 2.93. The Hall–Kier alpha value is -0.740. The maximum atomic E-state index is 12.3. The lowest BCUT2D eigenvalue weighted by molar-refractivity contribution is 0.0716. The van der Waals surface area contributed by atoms with Gasteiger partial charge in [0.05, 0.1) is 0 Å². The zero-order valence-electron chi connectivity index (χ0n) is 9.94. The first-order valence-electron chi connectivity index (χ1n) is 5.61. The van der Waals surface area contributed by atoms with Gasteiger partial charge in [-0.05, 0) is 26.0 Å². The number of halogens is 1. The summed E-state index contributed by atoms with van der Waals surface area (Å²) in [7, 11) is 0. The zero-order chi connectivity index (χ0) is 12.4. The second-order valence-corrected chi connectivity index (χ2v) is 5.78. The van der Waals surface area contributed by atoms with Crippen LogP contribution in [-0.4, -0.2) is 39.9 Å². The van der Waals surface area contributed by atoms with Crippen molar-refractivity contribution in [2.24, 2.45) is 0 Å². The molecule has 0 aliphatic carbocycles. The molecule has 1 saturated heterocycles. The van der Waals surface area contributed by atoms with Crippen LogP contribution >= 0.6 is 23.4 Å². The van der Waals surface area contributed by atoms with E-state index >= 15 is 0 Å². The normalized spacial score (nSPS) is 20.4. The molecule has 0 aromatic carbocycles. The number of hydrogen-bond acceptors (Lipinski definition) is 3. The van der Waals surface area contributed by atoms with Crippen molar-refractivity contribution in [3.63, 3.8) is 0 Å². The van der Waals surface area contributed by atoms with Crippen molar-refractivity contribution in [2.45, 2.75) is 19.9 Å². The Balaban J connectivity index is 2.23. The van der Waals surface area contributed by atoms with Crippen molar-refractivity contribution in [1.29, 1.82) is 0 Å². The van der Waals surface area contributed by atoms with Gasteiger partial charge < -0.3 is 4.90 Å². The molecule has 2 heterocycles. The van der Waals surface area contributed by atoms with E-state index in [1.807, 2.05) is 23.6 Å². The lowest BCUT2D eigenvalue weighted by Gasteiger charge is -2.33. The summed E-state index contributed by atoms with van der Waals surface area (Å²) in [5.74, 6) is 2.07. The van der Waals surface area contributed by atoms with Crippen molar-refractivity contribution in [3.8, 4) is 0 Å². The monoisotopic (exact) mass is 270 g/mol. The maximum absolute atomic E-state index is 12.3. The van der Waals surface area contributed by atoms with E-state index in [-0.39, 0.29) is 11.9 Å². The number of carbonyl (C=O) groups excluding carboxylic acids is 1. The molecular formula is C12H15ClN2OS. The summed E-state index contributed by atoms with van der Waals surface area (Å²) >= 11 is 7.78. The minimum absolute atomic E-state index is 0.0604. The molecule has 2 rings (SSSR count). The van der Waals surface area contributed by atoms with Crippen molar-refractivity contribution >= 4 is 29.3 Å². The fourth-order valence-electron chi connectivity index (χ4n) is 1.95. The highest BCUT2D eigenvalue weighted by Gasteiger charge is 2.24. The van der Waals surface area contributed by atoms with Gasteiger partial charge >= 0.3 is 0 Å². The molecule has 1 aromatic rings. The minimum atomic E-state index is 0.0604. The Morgan fingerprint density at radius 3 is 3.00 bits per heavy atom. The van der Waals surface area contributed by atoms with E-state index in [0.29, 0.717) is 10.7 Å². The molecule has 1 fully saturated rings. The van der Waals surface area contributed by atoms with E-state index in [1.54, 1.807) is 12.1 Å². The predicted octanol–water partition coefficient (Wildman–Crippen LogP) is 2.62. The third-order valence-electron chi connectivity index (χ3n) is 2.80. The fourth-order valence-corrected chi connectivity index (χ4v) is 3.21. The predicted molar refractivity (Wildman–Crippen MR) is 71.8 cm³/mol. The molecule has 1 aliphatic rings. The first kappa shape index (κ1) is 12.7. The second-order valence-electron chi connectivity index (χ2n) is 4.24. The third-order valence-corrected chi connectivity index (χ3v) is 4.18. The highest BCUT2D eigenvalue weighted by atomic mass is 35.5. The molecule has 1 unspecified atom stereocenters. The van der Waals surface area contributed by atoms with Crippen LogP contribution in [0.25, 0.3) is 0 Å². The summed E-state index contributed by atoms with van der Waals surface area (Å²) < 4.78 is 0. The molecule has 1 amide bonds. The molecule has 0 spiro atoms. The molecule has 17 heavy (non-hydrogen) atoms. The smallest absolute Gasteiger partial charge is 0.254 e. The number of nitrogens with zero attached hydrogens (tertiary/aromatic N) is 2. The lowest BCUT2D eigenvalue weighted by Crippen LogP contribution is -2.44. The Morgan fingerprint density at radius 2 is 2.35 bits per heavy atom. The average Bonchev–Trinajstić information content (AvgIpc) is 2.27. The number of thioether (sulfide) groups is 1. The summed E-state index contributed by atoms with van der Waals surface area (Å²) in [5, 5.41) is 0.382. The van der Waals surface area contributed by atoms with Crippen LogP contribution in [0.5, 0.6) is 0 Å². The van der Waals surface area contributed by atoms with Crippen LogP contribution in [0, 0.1) is 6.92 Å². The Bertz CT molecular complexity index is 418. The summed E-state index contributed by atoms with van der Waals surface area (Å²) in [4.78, 5) is 18.3. The van der Waals surface area contributed by atoms with Crippen molar-refractivity contribution in [2.75, 3.05) is 18.1 Å². The summed E-state index contributed by atoms with van der Waals surface area (Å²) in [5.41, 5.74) is 1.42. The molecule has 0 bridgehead atoms. The standard InChI is InChI=1S/C12H15ClN2OS/c1-8-5-10(6-11(13)14-8)12(16)15-3-4-17-7-9(15)2/h5-6,9H,3-4,7H2,1-2H3. The van der Waals surface area contributed by atoms with Crippen LogP contribution in [0.3, 0.4) is 0 Å². The van der Waals surface area contributed by atoms with E-state index in [4.69, 9.17) is 11.6 Å². The number of amides is 1. The van der Waals surface area contributed by atoms with Gasteiger partial charge in [0.2, 0.25) is 0 Å². The molecule has 0 saturated carbocycles. The molecule has 1 aliphatic heterocycles. The lowest BCUT2D eigenvalue weighted by atomic mass is 10.2. The second kappa shape index (κ2) is 5.27. The van der Waals surface area contributed by atoms with Crippen LogP contribution in [-0.2, 0) is 0 Å². The molecule has 5 heteroatoms. The molecule has 1 aromatic heterocycles. The van der Waals surface area contributed by atoms with Gasteiger partial charge in [-0.2, -0.15) is 11.8 Å². The van der Waals surface area contributed by atoms with Crippen molar-refractivity contribution < 1.29 is 4.79 Å². The Labute approximate surface area is 111 Å². The fraction of sp³-hybridized carbons (Fsp3) is 0.500. The van der Waals surface area contributed by atoms with Gasteiger partial charge in [-0.25, -0.2) is 4.98 Å². The van der Waals surface area contributed by atoms with Gasteiger partial charge in [0.15, 0.2) is 0 Å². The molecule has 92 valence electrons. The summed E-state index contributed by atoms with van der Waals surface area (Å²) in [6.45, 7) is 4.74. The largest absolute Gasteiger partial charge is 0.334 e. The van der Waals surface area contributed by atoms with Crippen molar-refractivity contribution in [1.82, 2.24) is 9.88 Å². The van der Waals surface area contributed by atoms with Gasteiger partial charge in [0.1, 0.15) is 5.15 Å². The highest BCUT2D eigenvalue weighted by molar-refractivity contribution is 7.99. The number of carbonyl (C=O) groups is 1. The van der Waals surface area contributed by atoms with Gasteiger partial charge in [-0.1, -0.05) is 11.6 Å². The minimum Gasteiger partial charge on any atom is -0.334 e. The average molecular weight is 271 g/mol. The summed E-state index contributed by atoms with van der Waals surface area (Å²) in [6.07, 6.45) is 0. The molecule has 3 nitrogen and oxygen atoms in total.